The average molecular weight is 481 g/mol. The normalized spacial score (nSPS) is 35.2. The first kappa shape index (κ1) is 27.7. The van der Waals surface area contributed by atoms with Crippen LogP contribution in [0.15, 0.2) is 4.99 Å². The molecule has 2 heterocycles. The summed E-state index contributed by atoms with van der Waals surface area (Å²) in [5, 5.41) is 35.0. The maximum Gasteiger partial charge on any atom is 0.199 e. The van der Waals surface area contributed by atoms with E-state index >= 15 is 0 Å². The molecule has 0 spiro atoms. The van der Waals surface area contributed by atoms with E-state index in [0.29, 0.717) is 12.8 Å². The van der Waals surface area contributed by atoms with E-state index < -0.39 is 24.6 Å². The smallest absolute Gasteiger partial charge is 0.199 e. The molecule has 1 saturated carbocycles. The Morgan fingerprint density at radius 3 is 1.56 bits per heavy atom. The summed E-state index contributed by atoms with van der Waals surface area (Å²) in [6.07, 6.45) is 0.919. The number of likely N-dealkylation sites (tertiary alicyclic amines) is 2. The first-order chi connectivity index (χ1) is 15.3. The fourth-order valence-corrected chi connectivity index (χ4v) is 8.04. The van der Waals surface area contributed by atoms with Gasteiger partial charge in [-0.25, -0.2) is 0 Å². The lowest BCUT2D eigenvalue weighted by atomic mass is 9.74. The van der Waals surface area contributed by atoms with E-state index in [4.69, 9.17) is 4.99 Å². The molecule has 196 valence electrons. The molecular formula is C26H48N4O4. The summed E-state index contributed by atoms with van der Waals surface area (Å²) in [5.41, 5.74) is -0.794. The van der Waals surface area contributed by atoms with Crippen LogP contribution in [0.4, 0.5) is 0 Å². The van der Waals surface area contributed by atoms with E-state index in [1.807, 2.05) is 0 Å². The van der Waals surface area contributed by atoms with Gasteiger partial charge >= 0.3 is 0 Å². The molecule has 3 rings (SSSR count). The monoisotopic (exact) mass is 480 g/mol. The maximum absolute atomic E-state index is 13.1. The molecule has 4 N–H and O–H groups in total. The maximum atomic E-state index is 13.1. The van der Waals surface area contributed by atoms with Crippen LogP contribution < -0.4 is 5.32 Å². The van der Waals surface area contributed by atoms with Gasteiger partial charge in [-0.15, -0.1) is 0 Å². The second-order valence-corrected chi connectivity index (χ2v) is 13.4. The average Bonchev–Trinajstić information content (AvgIpc) is 2.58. The van der Waals surface area contributed by atoms with Crippen molar-refractivity contribution in [3.05, 3.63) is 0 Å². The molecular weight excluding hydrogens is 432 g/mol. The molecule has 8 nitrogen and oxygen atoms in total. The summed E-state index contributed by atoms with van der Waals surface area (Å²) in [6.45, 7) is 20.4. The Hall–Kier alpha value is -0.900. The van der Waals surface area contributed by atoms with Gasteiger partial charge in [0.25, 0.3) is 0 Å². The number of nitrogens with zero attached hydrogens (tertiary/aromatic N) is 3. The number of hydrogen-bond acceptors (Lipinski definition) is 8. The van der Waals surface area contributed by atoms with Crippen LogP contribution in [0.2, 0.25) is 0 Å². The number of ketones is 1. The number of nitrogens with one attached hydrogen (secondary N) is 1. The van der Waals surface area contributed by atoms with Crippen molar-refractivity contribution >= 4 is 11.5 Å². The lowest BCUT2D eigenvalue weighted by Crippen LogP contribution is -2.71. The quantitative estimate of drug-likeness (QED) is 0.477. The molecule has 0 aromatic rings. The Morgan fingerprint density at radius 1 is 0.824 bits per heavy atom. The lowest BCUT2D eigenvalue weighted by molar-refractivity contribution is -0.140. The van der Waals surface area contributed by atoms with Crippen molar-refractivity contribution in [1.82, 2.24) is 15.1 Å². The molecule has 1 aliphatic carbocycles. The third-order valence-electron chi connectivity index (χ3n) is 8.19. The fourth-order valence-electron chi connectivity index (χ4n) is 8.04. The van der Waals surface area contributed by atoms with Crippen LogP contribution in [0.25, 0.3) is 0 Å². The second-order valence-electron chi connectivity index (χ2n) is 13.4. The highest BCUT2D eigenvalue weighted by Gasteiger charge is 2.53. The van der Waals surface area contributed by atoms with Crippen LogP contribution in [0.3, 0.4) is 0 Å². The highest BCUT2D eigenvalue weighted by atomic mass is 16.3. The van der Waals surface area contributed by atoms with E-state index in [1.54, 1.807) is 13.8 Å². The van der Waals surface area contributed by atoms with Gasteiger partial charge in [0.15, 0.2) is 5.78 Å². The molecule has 8 heteroatoms. The van der Waals surface area contributed by atoms with Crippen LogP contribution in [0, 0.1) is 0 Å². The molecule has 3 aliphatic rings. The Bertz CT molecular complexity index is 782. The van der Waals surface area contributed by atoms with Gasteiger partial charge in [-0.2, -0.15) is 0 Å². The summed E-state index contributed by atoms with van der Waals surface area (Å²) in [7, 11) is 0. The number of piperidine rings is 2. The minimum atomic E-state index is -0.908. The van der Waals surface area contributed by atoms with E-state index in [-0.39, 0.29) is 45.7 Å². The zero-order valence-electron chi connectivity index (χ0n) is 22.9. The second kappa shape index (κ2) is 8.89. The van der Waals surface area contributed by atoms with Gasteiger partial charge in [0.05, 0.1) is 6.04 Å². The summed E-state index contributed by atoms with van der Waals surface area (Å²) in [6, 6.07) is -0.661. The van der Waals surface area contributed by atoms with Gasteiger partial charge < -0.3 is 20.6 Å². The molecule has 3 fully saturated rings. The van der Waals surface area contributed by atoms with Gasteiger partial charge in [0.1, 0.15) is 30.3 Å². The predicted molar refractivity (Wildman–Crippen MR) is 135 cm³/mol. The third-order valence-corrected chi connectivity index (χ3v) is 8.19. The zero-order valence-corrected chi connectivity index (χ0v) is 22.9. The highest BCUT2D eigenvalue weighted by molar-refractivity contribution is 6.50. The topological polar surface area (TPSA) is 109 Å². The van der Waals surface area contributed by atoms with Crippen molar-refractivity contribution < 1.29 is 20.1 Å². The van der Waals surface area contributed by atoms with Crippen molar-refractivity contribution in [2.45, 2.75) is 154 Å². The summed E-state index contributed by atoms with van der Waals surface area (Å²) < 4.78 is 0. The number of carbonyl (C=O) groups is 1. The van der Waals surface area contributed by atoms with Crippen LogP contribution in [0.1, 0.15) is 94.9 Å². The number of aliphatic imine (C=N–C) groups is 1. The van der Waals surface area contributed by atoms with Crippen molar-refractivity contribution in [3.8, 4) is 0 Å². The Labute approximate surface area is 205 Å². The lowest BCUT2D eigenvalue weighted by Gasteiger charge is -2.57. The SMILES string of the molecule is CC(O)N1C(C)(C)CC(N=C2C(=O)C(NC3CC(C)(C)N(C(C)O)C(C)(C)C3)C2O)CC1(C)C. The number of hydrogen-bond donors (Lipinski definition) is 4. The minimum Gasteiger partial charge on any atom is -0.385 e. The van der Waals surface area contributed by atoms with Gasteiger partial charge in [0.2, 0.25) is 0 Å². The van der Waals surface area contributed by atoms with Gasteiger partial charge in [-0.1, -0.05) is 0 Å². The molecule has 2 saturated heterocycles. The summed E-state index contributed by atoms with van der Waals surface area (Å²) in [4.78, 5) is 22.1. The molecule has 0 amide bonds. The molecule has 34 heavy (non-hydrogen) atoms. The van der Waals surface area contributed by atoms with Crippen LogP contribution in [-0.2, 0) is 4.79 Å². The molecule has 0 radical (unpaired) electrons. The Balaban J connectivity index is 1.70. The predicted octanol–water partition coefficient (Wildman–Crippen LogP) is 2.05. The van der Waals surface area contributed by atoms with Gasteiger partial charge in [0, 0.05) is 28.2 Å². The fraction of sp³-hybridized carbons (Fsp3) is 0.923. The molecule has 0 aromatic heterocycles. The molecule has 4 atom stereocenters. The van der Waals surface area contributed by atoms with E-state index in [2.05, 4.69) is 70.5 Å². The largest absolute Gasteiger partial charge is 0.385 e. The number of aliphatic hydroxyl groups is 3. The van der Waals surface area contributed by atoms with E-state index in [9.17, 15) is 20.1 Å². The van der Waals surface area contributed by atoms with Crippen molar-refractivity contribution in [2.75, 3.05) is 0 Å². The number of carbonyl (C=O) groups excluding carboxylic acids is 1. The first-order valence-corrected chi connectivity index (χ1v) is 12.8. The number of rotatable bonds is 5. The summed E-state index contributed by atoms with van der Waals surface area (Å²) in [5.74, 6) is -0.116. The van der Waals surface area contributed by atoms with E-state index in [1.165, 1.54) is 0 Å². The zero-order chi connectivity index (χ0) is 26.0. The first-order valence-electron chi connectivity index (χ1n) is 12.8. The standard InChI is InChI=1S/C26H48N4O4/c1-15(31)29-23(3,4)11-17(12-24(29,5)6)27-19-21(33)20(22(19)34)28-18-13-25(7,8)30(16(2)32)26(9,10)14-18/h15-19,21,27,31-33H,11-14H2,1-10H3. The van der Waals surface area contributed by atoms with Crippen LogP contribution in [-0.4, -0.2) is 95.5 Å². The third kappa shape index (κ3) is 5.00. The minimum absolute atomic E-state index is 0.0531. The number of aliphatic hydroxyl groups excluding tert-OH is 3. The van der Waals surface area contributed by atoms with Gasteiger partial charge in [-0.05, 0) is 94.9 Å². The Morgan fingerprint density at radius 2 is 1.21 bits per heavy atom. The Kier molecular flexibility index (Phi) is 7.24. The van der Waals surface area contributed by atoms with Crippen LogP contribution in [0.5, 0.6) is 0 Å². The van der Waals surface area contributed by atoms with Crippen molar-refractivity contribution in [3.63, 3.8) is 0 Å². The molecule has 0 bridgehead atoms. The number of Topliss-reactive ketones (excluding diaryl/α,β-unsaturated/α-hetero) is 1. The van der Waals surface area contributed by atoms with E-state index in [0.717, 1.165) is 12.8 Å². The highest BCUT2D eigenvalue weighted by Crippen LogP contribution is 2.42. The molecule has 4 unspecified atom stereocenters. The molecule has 0 aromatic carbocycles. The summed E-state index contributed by atoms with van der Waals surface area (Å²) >= 11 is 0. The molecule has 2 aliphatic heterocycles. The van der Waals surface area contributed by atoms with Crippen LogP contribution >= 0.6 is 0 Å². The van der Waals surface area contributed by atoms with Gasteiger partial charge in [-0.3, -0.25) is 19.6 Å². The van der Waals surface area contributed by atoms with Crippen molar-refractivity contribution in [2.24, 2.45) is 4.99 Å². The van der Waals surface area contributed by atoms with Crippen molar-refractivity contribution in [1.29, 1.82) is 0 Å².